The molecule has 4 aromatic rings. The fraction of sp³-hybridized carbons (Fsp3) is 0.240. The van der Waals surface area contributed by atoms with Crippen LogP contribution in [0.3, 0.4) is 0 Å². The molecule has 176 valence electrons. The van der Waals surface area contributed by atoms with Gasteiger partial charge in [0.15, 0.2) is 11.5 Å². The summed E-state index contributed by atoms with van der Waals surface area (Å²) >= 11 is 4.89. The van der Waals surface area contributed by atoms with Gasteiger partial charge in [0.25, 0.3) is 0 Å². The van der Waals surface area contributed by atoms with E-state index >= 15 is 0 Å². The van der Waals surface area contributed by atoms with Crippen LogP contribution in [-0.4, -0.2) is 22.5 Å². The normalized spacial score (nSPS) is 12.1. The number of unbranched alkanes of at least 4 members (excludes halogenated alkanes) is 1. The van der Waals surface area contributed by atoms with Gasteiger partial charge >= 0.3 is 5.63 Å². The molecule has 0 bridgehead atoms. The second-order valence-electron chi connectivity index (χ2n) is 7.54. The molecule has 0 aliphatic carbocycles. The van der Waals surface area contributed by atoms with Crippen LogP contribution in [0.25, 0.3) is 22.2 Å². The summed E-state index contributed by atoms with van der Waals surface area (Å²) in [6.45, 7) is 5.12. The number of aromatic nitrogens is 1. The van der Waals surface area contributed by atoms with E-state index in [0.29, 0.717) is 34.8 Å². The van der Waals surface area contributed by atoms with Crippen molar-refractivity contribution in [2.24, 2.45) is 10.2 Å². The first-order chi connectivity index (χ1) is 16.5. The number of ether oxygens (including phenoxy) is 1. The molecule has 0 fully saturated rings. The van der Waals surface area contributed by atoms with Crippen molar-refractivity contribution in [1.29, 1.82) is 0 Å². The van der Waals surface area contributed by atoms with Gasteiger partial charge in [-0.15, -0.1) is 16.4 Å². The van der Waals surface area contributed by atoms with Gasteiger partial charge in [-0.3, -0.25) is 0 Å². The molecule has 0 atom stereocenters. The van der Waals surface area contributed by atoms with Gasteiger partial charge < -0.3 is 18.8 Å². The largest absolute Gasteiger partial charge is 0.504 e. The molecule has 0 aliphatic rings. The number of halogens is 1. The van der Waals surface area contributed by atoms with Crippen molar-refractivity contribution in [3.8, 4) is 22.8 Å². The van der Waals surface area contributed by atoms with Crippen LogP contribution in [0.1, 0.15) is 32.3 Å². The summed E-state index contributed by atoms with van der Waals surface area (Å²) < 4.78 is 13.9. The van der Waals surface area contributed by atoms with Gasteiger partial charge in [0.2, 0.25) is 4.80 Å². The summed E-state index contributed by atoms with van der Waals surface area (Å²) in [5, 5.41) is 21.3. The first kappa shape index (κ1) is 24.0. The number of hydrogen-bond acceptors (Lipinski definition) is 7. The molecule has 7 nitrogen and oxygen atoms in total. The lowest BCUT2D eigenvalue weighted by molar-refractivity contribution is 0.318. The van der Waals surface area contributed by atoms with Crippen LogP contribution in [0.5, 0.6) is 11.5 Å². The maximum absolute atomic E-state index is 12.8. The average Bonchev–Trinajstić information content (AvgIpc) is 3.22. The summed E-state index contributed by atoms with van der Waals surface area (Å²) in [4.78, 5) is 13.5. The minimum absolute atomic E-state index is 0.0810. The Morgan fingerprint density at radius 2 is 2.06 bits per heavy atom. The molecule has 0 saturated heterocycles. The summed E-state index contributed by atoms with van der Waals surface area (Å²) in [6, 6.07) is 12.4. The van der Waals surface area contributed by atoms with Crippen LogP contribution in [0.4, 0.5) is 0 Å². The highest BCUT2D eigenvalue weighted by Crippen LogP contribution is 2.26. The third-order valence-corrected chi connectivity index (χ3v) is 6.48. The topological polar surface area (TPSA) is 89.3 Å². The standard InChI is InChI=1S/C25H24BrN3O4S/c1-3-5-10-29-20(19-13-17-12-18(26)7-9-22(17)33-24(19)31)15-34-25(29)28-27-14-16-6-8-21(30)23(11-16)32-4-2/h6-9,11-15,30H,3-5,10H2,1-2H3/b27-14-,28-25+. The molecule has 2 aromatic heterocycles. The van der Waals surface area contributed by atoms with Gasteiger partial charge in [0.1, 0.15) is 5.58 Å². The molecule has 0 amide bonds. The number of hydrogen-bond donors (Lipinski definition) is 1. The minimum atomic E-state index is -0.388. The van der Waals surface area contributed by atoms with Crippen LogP contribution >= 0.6 is 27.3 Å². The van der Waals surface area contributed by atoms with Gasteiger partial charge in [0, 0.05) is 21.8 Å². The van der Waals surface area contributed by atoms with E-state index in [9.17, 15) is 9.90 Å². The second-order valence-corrected chi connectivity index (χ2v) is 9.30. The van der Waals surface area contributed by atoms with Crippen molar-refractivity contribution in [2.45, 2.75) is 33.2 Å². The lowest BCUT2D eigenvalue weighted by Gasteiger charge is -2.08. The number of phenols is 1. The summed E-state index contributed by atoms with van der Waals surface area (Å²) in [7, 11) is 0. The summed E-state index contributed by atoms with van der Waals surface area (Å²) in [6.07, 6.45) is 3.53. The summed E-state index contributed by atoms with van der Waals surface area (Å²) in [5.41, 5.74) is 2.15. The van der Waals surface area contributed by atoms with E-state index in [-0.39, 0.29) is 11.4 Å². The molecule has 1 N–H and O–H groups in total. The van der Waals surface area contributed by atoms with Gasteiger partial charge in [-0.1, -0.05) is 29.3 Å². The van der Waals surface area contributed by atoms with Crippen LogP contribution in [-0.2, 0) is 6.54 Å². The third-order valence-electron chi connectivity index (χ3n) is 5.14. The van der Waals surface area contributed by atoms with Crippen molar-refractivity contribution >= 4 is 44.5 Å². The van der Waals surface area contributed by atoms with E-state index in [2.05, 4.69) is 33.1 Å². The van der Waals surface area contributed by atoms with Crippen molar-refractivity contribution in [3.05, 3.63) is 73.1 Å². The molecule has 2 heterocycles. The predicted molar refractivity (Wildman–Crippen MR) is 139 cm³/mol. The highest BCUT2D eigenvalue weighted by molar-refractivity contribution is 9.10. The van der Waals surface area contributed by atoms with Gasteiger partial charge in [-0.25, -0.2) is 4.79 Å². The Balaban J connectivity index is 1.74. The lowest BCUT2D eigenvalue weighted by Crippen LogP contribution is -2.17. The minimum Gasteiger partial charge on any atom is -0.504 e. The maximum atomic E-state index is 12.8. The molecule has 2 aromatic carbocycles. The number of aromatic hydroxyl groups is 1. The number of benzene rings is 2. The molecule has 0 radical (unpaired) electrons. The molecule has 0 spiro atoms. The monoisotopic (exact) mass is 541 g/mol. The van der Waals surface area contributed by atoms with Crippen LogP contribution in [0, 0.1) is 0 Å². The Morgan fingerprint density at radius 3 is 2.85 bits per heavy atom. The Bertz CT molecular complexity index is 1470. The van der Waals surface area contributed by atoms with Crippen LogP contribution in [0.15, 0.2) is 71.7 Å². The SMILES string of the molecule is CCCCn1c(-c2cc3cc(Br)ccc3oc2=O)cs/c1=N/N=C\c1ccc(O)c(OCC)c1. The van der Waals surface area contributed by atoms with Gasteiger partial charge in [-0.2, -0.15) is 5.10 Å². The molecule has 4 rings (SSSR count). The third kappa shape index (κ3) is 5.31. The fourth-order valence-electron chi connectivity index (χ4n) is 3.46. The molecule has 0 unspecified atom stereocenters. The van der Waals surface area contributed by atoms with E-state index < -0.39 is 0 Å². The quantitative estimate of drug-likeness (QED) is 0.170. The molecule has 34 heavy (non-hydrogen) atoms. The molecular formula is C25H24BrN3O4S. The van der Waals surface area contributed by atoms with E-state index in [4.69, 9.17) is 9.15 Å². The summed E-state index contributed by atoms with van der Waals surface area (Å²) in [5.74, 6) is 0.482. The van der Waals surface area contributed by atoms with Crippen LogP contribution < -0.4 is 15.2 Å². The zero-order valence-corrected chi connectivity index (χ0v) is 21.2. The highest BCUT2D eigenvalue weighted by atomic mass is 79.9. The van der Waals surface area contributed by atoms with Gasteiger partial charge in [-0.05, 0) is 61.4 Å². The lowest BCUT2D eigenvalue weighted by atomic mass is 10.1. The predicted octanol–water partition coefficient (Wildman–Crippen LogP) is 5.92. The zero-order chi connectivity index (χ0) is 24.1. The van der Waals surface area contributed by atoms with E-state index in [1.807, 2.05) is 35.1 Å². The Kier molecular flexibility index (Phi) is 7.64. The van der Waals surface area contributed by atoms with Crippen molar-refractivity contribution in [1.82, 2.24) is 4.57 Å². The first-order valence-electron chi connectivity index (χ1n) is 10.9. The molecule has 9 heteroatoms. The Hall–Kier alpha value is -3.17. The van der Waals surface area contributed by atoms with Crippen molar-refractivity contribution in [2.75, 3.05) is 6.61 Å². The smallest absolute Gasteiger partial charge is 0.345 e. The number of fused-ring (bicyclic) bond motifs is 1. The second kappa shape index (κ2) is 10.8. The molecular weight excluding hydrogens is 518 g/mol. The van der Waals surface area contributed by atoms with Gasteiger partial charge in [0.05, 0.1) is 24.1 Å². The fourth-order valence-corrected chi connectivity index (χ4v) is 4.72. The number of phenolic OH excluding ortho intramolecular Hbond substituents is 1. The van der Waals surface area contributed by atoms with E-state index in [0.717, 1.165) is 34.0 Å². The average molecular weight is 542 g/mol. The molecule has 0 saturated carbocycles. The number of nitrogens with zero attached hydrogens (tertiary/aromatic N) is 3. The highest BCUT2D eigenvalue weighted by Gasteiger charge is 2.14. The van der Waals surface area contributed by atoms with Crippen molar-refractivity contribution < 1.29 is 14.3 Å². The first-order valence-corrected chi connectivity index (χ1v) is 12.6. The van der Waals surface area contributed by atoms with Crippen LogP contribution in [0.2, 0.25) is 0 Å². The van der Waals surface area contributed by atoms with E-state index in [1.54, 1.807) is 30.5 Å². The Labute approximate surface area is 208 Å². The number of thiazole rings is 1. The van der Waals surface area contributed by atoms with Crippen molar-refractivity contribution in [3.63, 3.8) is 0 Å². The molecule has 0 aliphatic heterocycles. The Morgan fingerprint density at radius 1 is 1.21 bits per heavy atom. The van der Waals surface area contributed by atoms with E-state index in [1.165, 1.54) is 11.3 Å². The number of rotatable bonds is 8. The zero-order valence-electron chi connectivity index (χ0n) is 18.8. The maximum Gasteiger partial charge on any atom is 0.345 e.